The van der Waals surface area contributed by atoms with Gasteiger partial charge in [0.25, 0.3) is 5.91 Å². The number of benzene rings is 4. The van der Waals surface area contributed by atoms with Crippen LogP contribution in [0, 0.1) is 4.91 Å². The van der Waals surface area contributed by atoms with Gasteiger partial charge >= 0.3 is 0 Å². The maximum absolute atomic E-state index is 14.1. The molecule has 1 fully saturated rings. The fourth-order valence-corrected chi connectivity index (χ4v) is 7.56. The van der Waals surface area contributed by atoms with E-state index in [0.717, 1.165) is 54.7 Å². The average molecular weight is 667 g/mol. The molecule has 1 heterocycles. The molecule has 10 heteroatoms. The van der Waals surface area contributed by atoms with Crippen LogP contribution in [0.4, 0.5) is 5.69 Å². The molecule has 0 saturated carbocycles. The van der Waals surface area contributed by atoms with Crippen molar-refractivity contribution in [3.8, 4) is 5.75 Å². The standard InChI is InChI=1S/C35H37Cl2N3O4S/c1-39(35(41)33-28-10-5-4-8-25(28)21-31(38-42)34(33)44-2)22-26(24-12-13-29(36)30(37)20-24)16-19-40-17-14-23(15-18-40)27-9-6-7-11-32(27)45(3)43/h4-13,20-21,23,26H,14-19,22H2,1-3H3/t26-,45+/m1/s1. The van der Waals surface area contributed by atoms with Gasteiger partial charge in [-0.3, -0.25) is 9.00 Å². The molecule has 0 N–H and O–H groups in total. The topological polar surface area (TPSA) is 79.3 Å². The molecule has 0 aliphatic carbocycles. The Morgan fingerprint density at radius 2 is 1.76 bits per heavy atom. The maximum Gasteiger partial charge on any atom is 0.258 e. The molecule has 7 nitrogen and oxygen atoms in total. The van der Waals surface area contributed by atoms with Crippen LogP contribution in [0.5, 0.6) is 5.75 Å². The number of likely N-dealkylation sites (tertiary alicyclic amines) is 1. The number of halogens is 2. The first-order chi connectivity index (χ1) is 21.7. The Bertz CT molecular complexity index is 1720. The Hall–Kier alpha value is -3.30. The van der Waals surface area contributed by atoms with Gasteiger partial charge < -0.3 is 14.5 Å². The molecule has 0 spiro atoms. The van der Waals surface area contributed by atoms with Crippen LogP contribution in [0.2, 0.25) is 10.0 Å². The van der Waals surface area contributed by atoms with Gasteiger partial charge in [0.05, 0.1) is 33.5 Å². The highest BCUT2D eigenvalue weighted by atomic mass is 35.5. The number of ether oxygens (including phenoxy) is 1. The number of hydrogen-bond acceptors (Lipinski definition) is 6. The molecule has 5 rings (SSSR count). The van der Waals surface area contributed by atoms with E-state index in [1.165, 1.54) is 12.7 Å². The van der Waals surface area contributed by atoms with Gasteiger partial charge in [-0.1, -0.05) is 71.7 Å². The molecule has 1 amide bonds. The predicted molar refractivity (Wildman–Crippen MR) is 184 cm³/mol. The summed E-state index contributed by atoms with van der Waals surface area (Å²) >= 11 is 12.7. The van der Waals surface area contributed by atoms with E-state index in [4.69, 9.17) is 27.9 Å². The molecule has 0 bridgehead atoms. The van der Waals surface area contributed by atoms with Gasteiger partial charge in [0, 0.05) is 30.7 Å². The fourth-order valence-electron chi connectivity index (χ4n) is 6.42. The number of piperidine rings is 1. The van der Waals surface area contributed by atoms with Crippen molar-refractivity contribution in [3.63, 3.8) is 0 Å². The quantitative estimate of drug-likeness (QED) is 0.150. The Labute approximate surface area is 276 Å². The average Bonchev–Trinajstić information content (AvgIpc) is 3.06. The van der Waals surface area contributed by atoms with E-state index in [1.807, 2.05) is 54.6 Å². The number of methoxy groups -OCH3 is 1. The largest absolute Gasteiger partial charge is 0.493 e. The summed E-state index contributed by atoms with van der Waals surface area (Å²) in [6.45, 7) is 3.14. The lowest BCUT2D eigenvalue weighted by atomic mass is 9.88. The van der Waals surface area contributed by atoms with Gasteiger partial charge in [-0.05, 0) is 96.2 Å². The number of fused-ring (bicyclic) bond motifs is 1. The van der Waals surface area contributed by atoms with E-state index in [-0.39, 0.29) is 23.3 Å². The van der Waals surface area contributed by atoms with Crippen molar-refractivity contribution in [1.29, 1.82) is 0 Å². The second-order valence-electron chi connectivity index (χ2n) is 11.6. The Kier molecular flexibility index (Phi) is 10.9. The Morgan fingerprint density at radius 1 is 1.04 bits per heavy atom. The van der Waals surface area contributed by atoms with Gasteiger partial charge in [-0.25, -0.2) is 0 Å². The zero-order valence-electron chi connectivity index (χ0n) is 25.7. The summed E-state index contributed by atoms with van der Waals surface area (Å²) in [6.07, 6.45) is 4.53. The summed E-state index contributed by atoms with van der Waals surface area (Å²) in [4.78, 5) is 30.8. The second-order valence-corrected chi connectivity index (χ2v) is 13.7. The van der Waals surface area contributed by atoms with Crippen molar-refractivity contribution >= 4 is 56.4 Å². The van der Waals surface area contributed by atoms with Gasteiger partial charge in [-0.15, -0.1) is 4.91 Å². The van der Waals surface area contributed by atoms with Crippen molar-refractivity contribution in [2.45, 2.75) is 36.0 Å². The Morgan fingerprint density at radius 3 is 2.44 bits per heavy atom. The number of carbonyl (C=O) groups is 1. The molecule has 0 radical (unpaired) electrons. The monoisotopic (exact) mass is 665 g/mol. The minimum absolute atomic E-state index is 0.0284. The van der Waals surface area contributed by atoms with Crippen molar-refractivity contribution in [2.24, 2.45) is 5.18 Å². The van der Waals surface area contributed by atoms with E-state index >= 15 is 0 Å². The molecule has 0 unspecified atom stereocenters. The first-order valence-corrected chi connectivity index (χ1v) is 17.3. The summed E-state index contributed by atoms with van der Waals surface area (Å²) in [5, 5.41) is 5.53. The van der Waals surface area contributed by atoms with Crippen molar-refractivity contribution in [1.82, 2.24) is 9.80 Å². The van der Waals surface area contributed by atoms with Gasteiger partial charge in [0.1, 0.15) is 0 Å². The highest BCUT2D eigenvalue weighted by molar-refractivity contribution is 7.84. The number of rotatable bonds is 11. The molecule has 2 atom stereocenters. The number of carbonyl (C=O) groups excluding carboxylic acids is 1. The lowest BCUT2D eigenvalue weighted by molar-refractivity contribution is 0.0780. The van der Waals surface area contributed by atoms with E-state index in [1.54, 1.807) is 30.3 Å². The summed E-state index contributed by atoms with van der Waals surface area (Å²) in [5.41, 5.74) is 2.60. The zero-order valence-corrected chi connectivity index (χ0v) is 28.0. The highest BCUT2D eigenvalue weighted by Gasteiger charge is 2.28. The van der Waals surface area contributed by atoms with Gasteiger partial charge in [0.15, 0.2) is 11.4 Å². The minimum Gasteiger partial charge on any atom is -0.493 e. The first-order valence-electron chi connectivity index (χ1n) is 15.0. The maximum atomic E-state index is 14.1. The summed E-state index contributed by atoms with van der Waals surface area (Å²) in [7, 11) is 2.19. The van der Waals surface area contributed by atoms with Gasteiger partial charge in [0.2, 0.25) is 0 Å². The van der Waals surface area contributed by atoms with Crippen LogP contribution in [-0.4, -0.2) is 66.5 Å². The summed E-state index contributed by atoms with van der Waals surface area (Å²) in [6, 6.07) is 22.8. The van der Waals surface area contributed by atoms with Crippen LogP contribution in [-0.2, 0) is 10.8 Å². The van der Waals surface area contributed by atoms with Crippen LogP contribution in [0.3, 0.4) is 0 Å². The van der Waals surface area contributed by atoms with Crippen LogP contribution >= 0.6 is 23.2 Å². The molecule has 236 valence electrons. The second kappa shape index (κ2) is 14.9. The normalized spacial score (nSPS) is 15.5. The van der Waals surface area contributed by atoms with E-state index < -0.39 is 10.8 Å². The zero-order chi connectivity index (χ0) is 32.1. The number of amides is 1. The van der Waals surface area contributed by atoms with Crippen LogP contribution in [0.15, 0.2) is 82.9 Å². The molecule has 0 aromatic heterocycles. The molecular weight excluding hydrogens is 629 g/mol. The number of nitroso groups, excluding NO2 is 1. The van der Waals surface area contributed by atoms with Crippen LogP contribution in [0.1, 0.15) is 52.6 Å². The minimum atomic E-state index is -1.02. The lowest BCUT2D eigenvalue weighted by Crippen LogP contribution is -2.36. The summed E-state index contributed by atoms with van der Waals surface area (Å²) < 4.78 is 17.9. The van der Waals surface area contributed by atoms with Crippen LogP contribution < -0.4 is 4.74 Å². The van der Waals surface area contributed by atoms with E-state index in [9.17, 15) is 13.9 Å². The smallest absolute Gasteiger partial charge is 0.258 e. The number of likely N-dealkylation sites (N-methyl/N-ethyl adjacent to an activating group) is 1. The van der Waals surface area contributed by atoms with Crippen molar-refractivity contribution < 1.29 is 13.7 Å². The predicted octanol–water partition coefficient (Wildman–Crippen LogP) is 8.42. The molecule has 45 heavy (non-hydrogen) atoms. The fraction of sp³-hybridized carbons (Fsp3) is 0.343. The molecular formula is C35H37Cl2N3O4S. The van der Waals surface area contributed by atoms with E-state index in [0.29, 0.717) is 33.5 Å². The van der Waals surface area contributed by atoms with Crippen LogP contribution in [0.25, 0.3) is 10.8 Å². The lowest BCUT2D eigenvalue weighted by Gasteiger charge is -2.34. The number of hydrogen-bond donors (Lipinski definition) is 0. The van der Waals surface area contributed by atoms with Crippen molar-refractivity contribution in [2.75, 3.05) is 46.6 Å². The third kappa shape index (κ3) is 7.41. The van der Waals surface area contributed by atoms with E-state index in [2.05, 4.69) is 16.1 Å². The first kappa shape index (κ1) is 33.1. The number of nitrogens with zero attached hydrogens (tertiary/aromatic N) is 3. The molecule has 1 saturated heterocycles. The molecule has 1 aliphatic rings. The van der Waals surface area contributed by atoms with Crippen molar-refractivity contribution in [3.05, 3.63) is 104 Å². The third-order valence-electron chi connectivity index (χ3n) is 8.80. The highest BCUT2D eigenvalue weighted by Crippen LogP contribution is 2.39. The molecule has 4 aromatic carbocycles. The Balaban J connectivity index is 1.34. The van der Waals surface area contributed by atoms with Gasteiger partial charge in [-0.2, -0.15) is 0 Å². The third-order valence-corrected chi connectivity index (χ3v) is 10.5. The molecule has 1 aliphatic heterocycles. The SMILES string of the molecule is COc1c(N=O)cc2ccccc2c1C(=O)N(C)C[C@@H](CCN1CCC(c2ccccc2[S@](C)=O)CC1)c1ccc(Cl)c(Cl)c1. The molecule has 4 aromatic rings. The summed E-state index contributed by atoms with van der Waals surface area (Å²) in [5.74, 6) is 0.270.